The fraction of sp³-hybridized carbons (Fsp3) is 0.469. The summed E-state index contributed by atoms with van der Waals surface area (Å²) in [6.07, 6.45) is 2.36. The standard InChI is InChI=1S/C32H38N6O2/c1-22-18-37(29-11-10-23(17-33)30-27(29)8-6-13-34-30)21-25-20-35(15-16-38(22)25)28-9-5-7-24-19-36(14-12-26(24)28)31(39)40-32(2,3)4/h5-11,13,22,25H,12,14-16,18-21H2,1-4H3/t22-,25+/m1/s1. The Morgan fingerprint density at radius 3 is 2.62 bits per heavy atom. The summed E-state index contributed by atoms with van der Waals surface area (Å²) in [5.41, 5.74) is 5.94. The van der Waals surface area contributed by atoms with Crippen LogP contribution in [0, 0.1) is 11.3 Å². The molecule has 3 aliphatic rings. The Kier molecular flexibility index (Phi) is 6.79. The van der Waals surface area contributed by atoms with Gasteiger partial charge in [0.25, 0.3) is 0 Å². The smallest absolute Gasteiger partial charge is 0.410 e. The van der Waals surface area contributed by atoms with E-state index < -0.39 is 5.60 Å². The fourth-order valence-corrected chi connectivity index (χ4v) is 6.67. The van der Waals surface area contributed by atoms with Gasteiger partial charge in [0, 0.05) is 80.9 Å². The van der Waals surface area contributed by atoms with Crippen molar-refractivity contribution < 1.29 is 9.53 Å². The number of rotatable bonds is 2. The number of nitriles is 1. The third kappa shape index (κ3) is 4.95. The number of anilines is 2. The van der Waals surface area contributed by atoms with Gasteiger partial charge in [-0.05, 0) is 75.6 Å². The Bertz CT molecular complexity index is 1470. The Hall–Kier alpha value is -3.83. The van der Waals surface area contributed by atoms with Gasteiger partial charge in [-0.15, -0.1) is 0 Å². The van der Waals surface area contributed by atoms with E-state index in [1.807, 2.05) is 37.8 Å². The summed E-state index contributed by atoms with van der Waals surface area (Å²) in [5, 5.41) is 10.6. The molecule has 2 aromatic carbocycles. The molecule has 8 heteroatoms. The first-order valence-corrected chi connectivity index (χ1v) is 14.3. The van der Waals surface area contributed by atoms with E-state index >= 15 is 0 Å². The Balaban J connectivity index is 1.22. The number of ether oxygens (including phenoxy) is 1. The minimum absolute atomic E-state index is 0.237. The van der Waals surface area contributed by atoms with Gasteiger partial charge in [-0.3, -0.25) is 9.88 Å². The van der Waals surface area contributed by atoms with Crippen LogP contribution in [0.15, 0.2) is 48.7 Å². The number of piperazine rings is 2. The minimum Gasteiger partial charge on any atom is -0.444 e. The lowest BCUT2D eigenvalue weighted by molar-refractivity contribution is 0.0224. The van der Waals surface area contributed by atoms with Crippen LogP contribution in [0.5, 0.6) is 0 Å². The molecule has 1 amide bonds. The lowest BCUT2D eigenvalue weighted by atomic mass is 9.95. The highest BCUT2D eigenvalue weighted by Gasteiger charge is 2.38. The van der Waals surface area contributed by atoms with Crippen LogP contribution in [0.4, 0.5) is 16.2 Å². The highest BCUT2D eigenvalue weighted by atomic mass is 16.6. The van der Waals surface area contributed by atoms with Crippen molar-refractivity contribution in [1.29, 1.82) is 5.26 Å². The lowest BCUT2D eigenvalue weighted by Gasteiger charge is -2.52. The van der Waals surface area contributed by atoms with Gasteiger partial charge < -0.3 is 19.4 Å². The van der Waals surface area contributed by atoms with Gasteiger partial charge >= 0.3 is 6.09 Å². The lowest BCUT2D eigenvalue weighted by Crippen LogP contribution is -2.65. The van der Waals surface area contributed by atoms with Gasteiger partial charge in [-0.2, -0.15) is 5.26 Å². The molecule has 0 bridgehead atoms. The molecule has 0 saturated carbocycles. The maximum atomic E-state index is 12.7. The second kappa shape index (κ2) is 10.3. The highest BCUT2D eigenvalue weighted by Crippen LogP contribution is 2.35. The van der Waals surface area contributed by atoms with Crippen LogP contribution >= 0.6 is 0 Å². The number of carbonyl (C=O) groups excluding carboxylic acids is 1. The maximum Gasteiger partial charge on any atom is 0.410 e. The molecule has 1 aromatic heterocycles. The van der Waals surface area contributed by atoms with Crippen molar-refractivity contribution in [2.75, 3.05) is 49.1 Å². The van der Waals surface area contributed by atoms with Crippen LogP contribution in [-0.2, 0) is 17.7 Å². The quantitative estimate of drug-likeness (QED) is 0.464. The molecule has 0 aliphatic carbocycles. The van der Waals surface area contributed by atoms with E-state index in [2.05, 4.69) is 63.0 Å². The number of amides is 1. The number of fused-ring (bicyclic) bond motifs is 3. The molecule has 8 nitrogen and oxygen atoms in total. The number of carbonyl (C=O) groups is 1. The van der Waals surface area contributed by atoms with Crippen molar-refractivity contribution in [2.24, 2.45) is 0 Å². The van der Waals surface area contributed by atoms with Crippen molar-refractivity contribution in [3.63, 3.8) is 0 Å². The highest BCUT2D eigenvalue weighted by molar-refractivity contribution is 5.95. The maximum absolute atomic E-state index is 12.7. The van der Waals surface area contributed by atoms with Gasteiger partial charge in [0.2, 0.25) is 0 Å². The molecule has 0 N–H and O–H groups in total. The predicted octanol–water partition coefficient (Wildman–Crippen LogP) is 4.80. The third-order valence-corrected chi connectivity index (χ3v) is 8.45. The average Bonchev–Trinajstić information content (AvgIpc) is 2.94. The molecule has 3 aromatic rings. The molecule has 208 valence electrons. The summed E-state index contributed by atoms with van der Waals surface area (Å²) in [7, 11) is 0. The molecule has 2 atom stereocenters. The van der Waals surface area contributed by atoms with Gasteiger partial charge in [-0.25, -0.2) is 4.79 Å². The molecule has 2 fully saturated rings. The summed E-state index contributed by atoms with van der Waals surface area (Å²) < 4.78 is 5.64. The monoisotopic (exact) mass is 538 g/mol. The molecular weight excluding hydrogens is 500 g/mol. The van der Waals surface area contributed by atoms with Crippen molar-refractivity contribution >= 4 is 28.4 Å². The minimum atomic E-state index is -0.496. The van der Waals surface area contributed by atoms with Crippen LogP contribution in [0.25, 0.3) is 10.9 Å². The number of nitrogens with zero attached hydrogens (tertiary/aromatic N) is 6. The molecule has 0 unspecified atom stereocenters. The van der Waals surface area contributed by atoms with Gasteiger partial charge in [0.15, 0.2) is 0 Å². The zero-order valence-corrected chi connectivity index (χ0v) is 23.9. The summed E-state index contributed by atoms with van der Waals surface area (Å²) in [5.74, 6) is 0. The average molecular weight is 539 g/mol. The second-order valence-electron chi connectivity index (χ2n) is 12.3. The van der Waals surface area contributed by atoms with E-state index in [1.54, 1.807) is 6.20 Å². The third-order valence-electron chi connectivity index (χ3n) is 8.45. The molecule has 0 spiro atoms. The van der Waals surface area contributed by atoms with E-state index in [0.29, 0.717) is 30.7 Å². The number of benzene rings is 2. The first kappa shape index (κ1) is 26.4. The number of hydrogen-bond donors (Lipinski definition) is 0. The molecule has 4 heterocycles. The van der Waals surface area contributed by atoms with Crippen LogP contribution in [0.1, 0.15) is 44.4 Å². The topological polar surface area (TPSA) is 75.9 Å². The number of pyridine rings is 1. The van der Waals surface area contributed by atoms with Gasteiger partial charge in [0.1, 0.15) is 11.7 Å². The van der Waals surface area contributed by atoms with Crippen LogP contribution in [0.2, 0.25) is 0 Å². The first-order valence-electron chi connectivity index (χ1n) is 14.3. The molecule has 0 radical (unpaired) electrons. The van der Waals surface area contributed by atoms with Crippen molar-refractivity contribution in [2.45, 2.75) is 58.3 Å². The van der Waals surface area contributed by atoms with E-state index in [1.165, 1.54) is 16.8 Å². The fourth-order valence-electron chi connectivity index (χ4n) is 6.67. The summed E-state index contributed by atoms with van der Waals surface area (Å²) in [4.78, 5) is 26.8. The van der Waals surface area contributed by atoms with Crippen molar-refractivity contribution in [1.82, 2.24) is 14.8 Å². The van der Waals surface area contributed by atoms with E-state index in [-0.39, 0.29) is 6.09 Å². The van der Waals surface area contributed by atoms with E-state index in [0.717, 1.165) is 55.7 Å². The summed E-state index contributed by atoms with van der Waals surface area (Å²) >= 11 is 0. The van der Waals surface area contributed by atoms with E-state index in [9.17, 15) is 10.1 Å². The molecule has 2 saturated heterocycles. The Labute approximate surface area is 236 Å². The Morgan fingerprint density at radius 1 is 1.00 bits per heavy atom. The summed E-state index contributed by atoms with van der Waals surface area (Å²) in [6.45, 7) is 14.2. The van der Waals surface area contributed by atoms with Gasteiger partial charge in [-0.1, -0.05) is 12.1 Å². The molecular formula is C32H38N6O2. The zero-order valence-electron chi connectivity index (χ0n) is 23.9. The molecule has 3 aliphatic heterocycles. The van der Waals surface area contributed by atoms with E-state index in [4.69, 9.17) is 4.74 Å². The van der Waals surface area contributed by atoms with Crippen molar-refractivity contribution in [3.05, 3.63) is 65.4 Å². The first-order chi connectivity index (χ1) is 19.2. The van der Waals surface area contributed by atoms with Crippen LogP contribution in [-0.4, -0.2) is 77.8 Å². The van der Waals surface area contributed by atoms with Gasteiger partial charge in [0.05, 0.1) is 11.1 Å². The zero-order chi connectivity index (χ0) is 28.0. The number of aromatic nitrogens is 1. The largest absolute Gasteiger partial charge is 0.444 e. The SMILES string of the molecule is C[C@@H]1CN(c2ccc(C#N)c3ncccc23)C[C@@H]2CN(c3cccc4c3CCN(C(=O)OC(C)(C)C)C4)CCN21. The van der Waals surface area contributed by atoms with Crippen LogP contribution < -0.4 is 9.80 Å². The second-order valence-corrected chi connectivity index (χ2v) is 12.3. The summed E-state index contributed by atoms with van der Waals surface area (Å²) in [6, 6.07) is 17.7. The molecule has 40 heavy (non-hydrogen) atoms. The van der Waals surface area contributed by atoms with Crippen molar-refractivity contribution in [3.8, 4) is 6.07 Å². The predicted molar refractivity (Wildman–Crippen MR) is 158 cm³/mol. The number of hydrogen-bond acceptors (Lipinski definition) is 7. The molecule has 6 rings (SSSR count). The normalized spacial score (nSPS) is 21.5. The Morgan fingerprint density at radius 2 is 1.82 bits per heavy atom. The van der Waals surface area contributed by atoms with Crippen LogP contribution in [0.3, 0.4) is 0 Å².